The van der Waals surface area contributed by atoms with E-state index in [1.807, 2.05) is 0 Å². The Morgan fingerprint density at radius 3 is 2.16 bits per heavy atom. The summed E-state index contributed by atoms with van der Waals surface area (Å²) in [6, 6.07) is 10.4. The molecule has 222 valence electrons. The summed E-state index contributed by atoms with van der Waals surface area (Å²) in [6.45, 7) is 0. The van der Waals surface area contributed by atoms with Gasteiger partial charge in [0, 0.05) is 4.90 Å². The molecule has 0 saturated carbocycles. The minimum atomic E-state index is -4.47. The maximum atomic E-state index is 12.9. The van der Waals surface area contributed by atoms with E-state index in [4.69, 9.17) is 9.81 Å². The minimum absolute atomic E-state index is 0.0954. The number of carbonyl (C=O) groups is 3. The smallest absolute Gasteiger partial charge is 0.357 e. The molecule has 3 aromatic rings. The number of aromatic hydroxyl groups is 1. The van der Waals surface area contributed by atoms with Crippen LogP contribution in [0.4, 0.5) is 5.69 Å². The zero-order chi connectivity index (χ0) is 31.3. The third kappa shape index (κ3) is 6.86. The summed E-state index contributed by atoms with van der Waals surface area (Å²) in [5.41, 5.74) is -1.19. The molecule has 1 aliphatic rings. The van der Waals surface area contributed by atoms with Crippen molar-refractivity contribution in [1.29, 1.82) is 0 Å². The van der Waals surface area contributed by atoms with Crippen molar-refractivity contribution in [2.24, 2.45) is 5.10 Å². The quantitative estimate of drug-likeness (QED) is 0.0511. The molecule has 4 rings (SSSR count). The molecule has 1 aromatic heterocycles. The molecule has 0 radical (unpaired) electrons. The third-order valence-electron chi connectivity index (χ3n) is 5.55. The van der Waals surface area contributed by atoms with Gasteiger partial charge in [-0.15, -0.1) is 4.33 Å². The van der Waals surface area contributed by atoms with Crippen LogP contribution >= 0.6 is 12.0 Å². The summed E-state index contributed by atoms with van der Waals surface area (Å²) in [6.07, 6.45) is 6.32. The van der Waals surface area contributed by atoms with Crippen molar-refractivity contribution in [2.45, 2.75) is 9.79 Å². The van der Waals surface area contributed by atoms with E-state index in [-0.39, 0.29) is 22.5 Å². The van der Waals surface area contributed by atoms with Crippen molar-refractivity contribution in [3.05, 3.63) is 89.7 Å². The number of hydrogen-bond donors (Lipinski definition) is 5. The third-order valence-corrected chi connectivity index (χ3v) is 7.01. The van der Waals surface area contributed by atoms with Gasteiger partial charge >= 0.3 is 11.9 Å². The summed E-state index contributed by atoms with van der Waals surface area (Å²) < 4.78 is 36.8. The van der Waals surface area contributed by atoms with E-state index in [2.05, 4.69) is 19.6 Å². The maximum absolute atomic E-state index is 12.9. The second-order valence-electron chi connectivity index (χ2n) is 8.19. The molecule has 0 bridgehead atoms. The Balaban J connectivity index is 1.56. The number of aliphatic carboxylic acids is 1. The number of anilines is 1. The lowest BCUT2D eigenvalue weighted by Gasteiger charge is -2.11. The van der Waals surface area contributed by atoms with Crippen molar-refractivity contribution in [3.8, 4) is 11.6 Å². The zero-order valence-corrected chi connectivity index (χ0v) is 22.8. The molecule has 0 fully saturated rings. The van der Waals surface area contributed by atoms with Crippen LogP contribution in [0.2, 0.25) is 0 Å². The Kier molecular flexibility index (Phi) is 9.19. The van der Waals surface area contributed by atoms with E-state index in [9.17, 15) is 38.1 Å². The standard InChI is InChI=1S/C25H18N4O12S2/c30-22-18(20(24(32)33)26-28(22)14-6-10-16(11-7-14)42-41-40-36)4-2-1-3-5-19-21(25(34)35)27-29(23(19)31)15-8-12-17(13-9-15)43(37,38)39/h1-13,31,36H,(H,32,33)(H,34,35)(H,37,38,39)/b2-1+,5-3+,18-4+. The highest BCUT2D eigenvalue weighted by Crippen LogP contribution is 2.29. The molecule has 1 aliphatic heterocycles. The highest BCUT2D eigenvalue weighted by atomic mass is 32.2. The van der Waals surface area contributed by atoms with Crippen molar-refractivity contribution in [1.82, 2.24) is 9.78 Å². The van der Waals surface area contributed by atoms with E-state index in [0.29, 0.717) is 16.9 Å². The fourth-order valence-corrected chi connectivity index (χ4v) is 4.47. The van der Waals surface area contributed by atoms with Gasteiger partial charge in [0.25, 0.3) is 16.0 Å². The van der Waals surface area contributed by atoms with Crippen LogP contribution in [0.25, 0.3) is 11.8 Å². The molecule has 0 saturated heterocycles. The molecule has 0 unspecified atom stereocenters. The fourth-order valence-electron chi connectivity index (χ4n) is 3.63. The van der Waals surface area contributed by atoms with E-state index in [1.165, 1.54) is 66.8 Å². The molecule has 0 spiro atoms. The molecule has 43 heavy (non-hydrogen) atoms. The minimum Gasteiger partial charge on any atom is -0.493 e. The number of allylic oxidation sites excluding steroid dienone is 4. The lowest BCUT2D eigenvalue weighted by Crippen LogP contribution is -2.22. The normalized spacial score (nSPS) is 14.7. The average molecular weight is 631 g/mol. The first-order chi connectivity index (χ1) is 20.4. The molecule has 16 nitrogen and oxygen atoms in total. The number of nitrogens with zero attached hydrogens (tertiary/aromatic N) is 4. The van der Waals surface area contributed by atoms with Crippen LogP contribution in [0.15, 0.2) is 93.3 Å². The summed E-state index contributed by atoms with van der Waals surface area (Å²) in [5.74, 6) is -4.27. The number of carbonyl (C=O) groups excluding carboxylic acids is 1. The predicted molar refractivity (Wildman–Crippen MR) is 148 cm³/mol. The maximum Gasteiger partial charge on any atom is 0.357 e. The van der Waals surface area contributed by atoms with Gasteiger partial charge in [0.2, 0.25) is 5.88 Å². The van der Waals surface area contributed by atoms with Crippen molar-refractivity contribution >= 4 is 57.5 Å². The van der Waals surface area contributed by atoms with E-state index in [1.54, 1.807) is 0 Å². The lowest BCUT2D eigenvalue weighted by atomic mass is 10.1. The number of carboxylic acids is 2. The molecule has 2 heterocycles. The van der Waals surface area contributed by atoms with E-state index < -0.39 is 50.1 Å². The second kappa shape index (κ2) is 12.8. The molecule has 5 N–H and O–H groups in total. The lowest BCUT2D eigenvalue weighted by molar-refractivity contribution is -0.432. The summed E-state index contributed by atoms with van der Waals surface area (Å²) in [7, 11) is -4.47. The van der Waals surface area contributed by atoms with Gasteiger partial charge in [-0.3, -0.25) is 9.35 Å². The van der Waals surface area contributed by atoms with Crippen LogP contribution in [0.5, 0.6) is 5.88 Å². The molecule has 18 heteroatoms. The molecule has 1 amide bonds. The SMILES string of the molecule is O=C(O)C1=NN(c2ccc(SOOO)cc2)C(=O)/C1=C/C=C/C=C/c1c(C(=O)O)nn(-c2ccc(S(=O)(=O)O)cc2)c1O. The topological polar surface area (TPSA) is 238 Å². The Labute approximate surface area is 245 Å². The van der Waals surface area contributed by atoms with Crippen LogP contribution in [-0.4, -0.2) is 66.9 Å². The predicted octanol–water partition coefficient (Wildman–Crippen LogP) is 2.93. The fraction of sp³-hybridized carbons (Fsp3) is 0. The van der Waals surface area contributed by atoms with Gasteiger partial charge in [-0.25, -0.2) is 14.8 Å². The first kappa shape index (κ1) is 30.8. The number of aromatic nitrogens is 2. The van der Waals surface area contributed by atoms with Gasteiger partial charge in [0.1, 0.15) is 0 Å². The summed E-state index contributed by atoms with van der Waals surface area (Å²) in [4.78, 5) is 36.5. The van der Waals surface area contributed by atoms with Crippen molar-refractivity contribution in [3.63, 3.8) is 0 Å². The van der Waals surface area contributed by atoms with Crippen LogP contribution in [0.3, 0.4) is 0 Å². The average Bonchev–Trinajstić information content (AvgIpc) is 3.48. The molecular formula is C25H18N4O12S2. The number of benzene rings is 2. The van der Waals surface area contributed by atoms with E-state index in [0.717, 1.165) is 21.8 Å². The van der Waals surface area contributed by atoms with Gasteiger partial charge in [-0.2, -0.15) is 28.3 Å². The Bertz CT molecular complexity index is 1810. The largest absolute Gasteiger partial charge is 0.493 e. The van der Waals surface area contributed by atoms with Gasteiger partial charge in [0.05, 0.1) is 39.4 Å². The van der Waals surface area contributed by atoms with Crippen molar-refractivity contribution in [2.75, 3.05) is 5.01 Å². The Morgan fingerprint density at radius 2 is 1.58 bits per heavy atom. The number of aromatic carboxylic acids is 1. The zero-order valence-electron chi connectivity index (χ0n) is 21.2. The number of carboxylic acid groups (broad SMARTS) is 2. The first-order valence-electron chi connectivity index (χ1n) is 11.5. The highest BCUT2D eigenvalue weighted by molar-refractivity contribution is 7.94. The van der Waals surface area contributed by atoms with Crippen LogP contribution in [-0.2, 0) is 29.1 Å². The van der Waals surface area contributed by atoms with Gasteiger partial charge in [-0.1, -0.05) is 23.3 Å². The van der Waals surface area contributed by atoms with Crippen LogP contribution in [0.1, 0.15) is 16.1 Å². The van der Waals surface area contributed by atoms with Gasteiger partial charge in [0.15, 0.2) is 11.4 Å². The number of amides is 1. The van der Waals surface area contributed by atoms with Crippen LogP contribution < -0.4 is 5.01 Å². The number of hydrogen-bond acceptors (Lipinski definition) is 12. The monoisotopic (exact) mass is 630 g/mol. The second-order valence-corrected chi connectivity index (χ2v) is 10.4. The molecule has 2 aromatic carbocycles. The Morgan fingerprint density at radius 1 is 0.930 bits per heavy atom. The van der Waals surface area contributed by atoms with E-state index >= 15 is 0 Å². The Hall–Kier alpha value is -5.11. The molecule has 0 aliphatic carbocycles. The summed E-state index contributed by atoms with van der Waals surface area (Å²) >= 11 is 0.683. The van der Waals surface area contributed by atoms with Gasteiger partial charge in [-0.05, 0) is 60.7 Å². The highest BCUT2D eigenvalue weighted by Gasteiger charge is 2.34. The molecular weight excluding hydrogens is 612 g/mol. The van der Waals surface area contributed by atoms with Gasteiger partial charge < -0.3 is 15.3 Å². The summed E-state index contributed by atoms with van der Waals surface area (Å²) in [5, 5.41) is 50.0. The van der Waals surface area contributed by atoms with Crippen LogP contribution in [0, 0.1) is 0 Å². The molecule has 0 atom stereocenters. The van der Waals surface area contributed by atoms with Crippen molar-refractivity contribution < 1.29 is 57.3 Å². The number of hydrazone groups is 1. The number of rotatable bonds is 11. The first-order valence-corrected chi connectivity index (χ1v) is 13.7.